The van der Waals surface area contributed by atoms with E-state index in [2.05, 4.69) is 50.7 Å². The molecular weight excluding hydrogens is 208 g/mol. The fraction of sp³-hybridized carbons (Fsp3) is 0.500. The second-order valence-corrected chi connectivity index (χ2v) is 5.19. The molecule has 0 aromatic heterocycles. The average Bonchev–Trinajstić information content (AvgIpc) is 2.17. The Hall–Kier alpha value is -0.0800. The molecule has 0 amide bonds. The minimum absolute atomic E-state index is 0.716. The first-order valence-electron chi connectivity index (χ1n) is 4.96. The van der Waals surface area contributed by atoms with E-state index in [0.717, 1.165) is 11.5 Å². The molecule has 0 bridgehead atoms. The third-order valence-corrected chi connectivity index (χ3v) is 4.03. The number of hydrogen-bond donors (Lipinski definition) is 1. The van der Waals surface area contributed by atoms with E-state index in [1.54, 1.807) is 0 Å². The molecule has 78 valence electrons. The van der Waals surface area contributed by atoms with Gasteiger partial charge in [-0.3, -0.25) is 0 Å². The lowest BCUT2D eigenvalue weighted by molar-refractivity contribution is 0.766. The normalized spacial score (nSPS) is 12.8. The summed E-state index contributed by atoms with van der Waals surface area (Å²) in [6, 6.07) is 8.74. The standard InChI is InChI=1S/C12H18S2/c1-10-4-3-5-12(6-10)9-14-8-11(2)7-13/h3-6,11,13H,7-9H2,1-2H3. The predicted molar refractivity (Wildman–Crippen MR) is 70.4 cm³/mol. The van der Waals surface area contributed by atoms with Gasteiger partial charge in [0.1, 0.15) is 0 Å². The van der Waals surface area contributed by atoms with E-state index in [0.29, 0.717) is 5.92 Å². The molecule has 1 rings (SSSR count). The molecular formula is C12H18S2. The minimum atomic E-state index is 0.716. The molecule has 1 aromatic carbocycles. The molecule has 0 N–H and O–H groups in total. The van der Waals surface area contributed by atoms with Crippen molar-refractivity contribution in [2.24, 2.45) is 5.92 Å². The number of thiol groups is 1. The molecule has 0 aliphatic heterocycles. The first-order chi connectivity index (χ1) is 6.72. The van der Waals surface area contributed by atoms with Crippen LogP contribution in [0.5, 0.6) is 0 Å². The summed E-state index contributed by atoms with van der Waals surface area (Å²) in [6.07, 6.45) is 0. The average molecular weight is 226 g/mol. The molecule has 0 nitrogen and oxygen atoms in total. The van der Waals surface area contributed by atoms with Gasteiger partial charge in [0.2, 0.25) is 0 Å². The Morgan fingerprint density at radius 2 is 2.21 bits per heavy atom. The lowest BCUT2D eigenvalue weighted by Crippen LogP contribution is -1.99. The zero-order valence-corrected chi connectivity index (χ0v) is 10.6. The third-order valence-electron chi connectivity index (χ3n) is 2.07. The van der Waals surface area contributed by atoms with Gasteiger partial charge in [-0.05, 0) is 29.9 Å². The van der Waals surface area contributed by atoms with Gasteiger partial charge in [-0.1, -0.05) is 36.8 Å². The molecule has 14 heavy (non-hydrogen) atoms. The zero-order valence-electron chi connectivity index (χ0n) is 8.86. The second kappa shape index (κ2) is 6.41. The van der Waals surface area contributed by atoms with Crippen LogP contribution in [-0.4, -0.2) is 11.5 Å². The molecule has 0 fully saturated rings. The van der Waals surface area contributed by atoms with Crippen LogP contribution in [0.2, 0.25) is 0 Å². The van der Waals surface area contributed by atoms with Crippen molar-refractivity contribution in [3.63, 3.8) is 0 Å². The summed E-state index contributed by atoms with van der Waals surface area (Å²) in [5.41, 5.74) is 2.78. The lowest BCUT2D eigenvalue weighted by atomic mass is 10.2. The monoisotopic (exact) mass is 226 g/mol. The largest absolute Gasteiger partial charge is 0.179 e. The number of aryl methyl sites for hydroxylation is 1. The first-order valence-corrected chi connectivity index (χ1v) is 6.75. The fourth-order valence-corrected chi connectivity index (χ4v) is 2.59. The molecule has 0 saturated carbocycles. The van der Waals surface area contributed by atoms with E-state index in [1.165, 1.54) is 16.9 Å². The number of hydrogen-bond acceptors (Lipinski definition) is 2. The Bertz CT molecular complexity index is 271. The Labute approximate surface area is 96.9 Å². The SMILES string of the molecule is Cc1cccc(CSCC(C)CS)c1. The topological polar surface area (TPSA) is 0 Å². The van der Waals surface area contributed by atoms with Crippen LogP contribution in [0.25, 0.3) is 0 Å². The van der Waals surface area contributed by atoms with E-state index < -0.39 is 0 Å². The predicted octanol–water partition coefficient (Wildman–Crippen LogP) is 3.79. The van der Waals surface area contributed by atoms with Crippen molar-refractivity contribution < 1.29 is 0 Å². The van der Waals surface area contributed by atoms with Crippen molar-refractivity contribution in [3.05, 3.63) is 35.4 Å². The van der Waals surface area contributed by atoms with Crippen LogP contribution < -0.4 is 0 Å². The van der Waals surface area contributed by atoms with Crippen LogP contribution in [0.1, 0.15) is 18.1 Å². The number of thioether (sulfide) groups is 1. The van der Waals surface area contributed by atoms with Crippen LogP contribution in [-0.2, 0) is 5.75 Å². The van der Waals surface area contributed by atoms with Gasteiger partial charge in [-0.2, -0.15) is 24.4 Å². The van der Waals surface area contributed by atoms with Crippen LogP contribution in [0.4, 0.5) is 0 Å². The van der Waals surface area contributed by atoms with Crippen molar-refractivity contribution in [1.29, 1.82) is 0 Å². The molecule has 0 spiro atoms. The summed E-state index contributed by atoms with van der Waals surface area (Å²) >= 11 is 6.28. The molecule has 1 unspecified atom stereocenters. The first kappa shape index (κ1) is 12.0. The summed E-state index contributed by atoms with van der Waals surface area (Å²) in [4.78, 5) is 0. The zero-order chi connectivity index (χ0) is 10.4. The fourth-order valence-electron chi connectivity index (χ4n) is 1.23. The summed E-state index contributed by atoms with van der Waals surface area (Å²) in [6.45, 7) is 4.39. The molecule has 0 saturated heterocycles. The van der Waals surface area contributed by atoms with Gasteiger partial charge in [0.15, 0.2) is 0 Å². The van der Waals surface area contributed by atoms with Gasteiger partial charge < -0.3 is 0 Å². The molecule has 0 heterocycles. The summed E-state index contributed by atoms with van der Waals surface area (Å²) in [5, 5.41) is 0. The van der Waals surface area contributed by atoms with Crippen molar-refractivity contribution >= 4 is 24.4 Å². The highest BCUT2D eigenvalue weighted by atomic mass is 32.2. The Morgan fingerprint density at radius 3 is 2.86 bits per heavy atom. The van der Waals surface area contributed by atoms with Crippen molar-refractivity contribution in [1.82, 2.24) is 0 Å². The smallest absolute Gasteiger partial charge is 0.0184 e. The van der Waals surface area contributed by atoms with Crippen LogP contribution in [0.15, 0.2) is 24.3 Å². The van der Waals surface area contributed by atoms with Gasteiger partial charge >= 0.3 is 0 Å². The maximum Gasteiger partial charge on any atom is 0.0184 e. The van der Waals surface area contributed by atoms with E-state index in [4.69, 9.17) is 0 Å². The maximum absolute atomic E-state index is 4.28. The molecule has 1 aromatic rings. The molecule has 2 heteroatoms. The van der Waals surface area contributed by atoms with Crippen LogP contribution in [0, 0.1) is 12.8 Å². The quantitative estimate of drug-likeness (QED) is 0.745. The number of rotatable bonds is 5. The van der Waals surface area contributed by atoms with Crippen molar-refractivity contribution in [2.45, 2.75) is 19.6 Å². The Balaban J connectivity index is 2.31. The van der Waals surface area contributed by atoms with E-state index >= 15 is 0 Å². The molecule has 0 aliphatic carbocycles. The van der Waals surface area contributed by atoms with Crippen molar-refractivity contribution in [3.8, 4) is 0 Å². The minimum Gasteiger partial charge on any atom is -0.179 e. The van der Waals surface area contributed by atoms with E-state index in [9.17, 15) is 0 Å². The molecule has 0 radical (unpaired) electrons. The van der Waals surface area contributed by atoms with Gasteiger partial charge in [0.05, 0.1) is 0 Å². The van der Waals surface area contributed by atoms with Crippen molar-refractivity contribution in [2.75, 3.05) is 11.5 Å². The maximum atomic E-state index is 4.28. The van der Waals surface area contributed by atoms with Gasteiger partial charge in [0, 0.05) is 5.75 Å². The Kier molecular flexibility index (Phi) is 5.49. The van der Waals surface area contributed by atoms with Gasteiger partial charge in [0.25, 0.3) is 0 Å². The second-order valence-electron chi connectivity index (χ2n) is 3.79. The summed E-state index contributed by atoms with van der Waals surface area (Å²) in [5.74, 6) is 4.03. The van der Waals surface area contributed by atoms with E-state index in [1.807, 2.05) is 11.8 Å². The van der Waals surface area contributed by atoms with Crippen LogP contribution in [0.3, 0.4) is 0 Å². The summed E-state index contributed by atoms with van der Waals surface area (Å²) in [7, 11) is 0. The number of benzene rings is 1. The summed E-state index contributed by atoms with van der Waals surface area (Å²) < 4.78 is 0. The van der Waals surface area contributed by atoms with E-state index in [-0.39, 0.29) is 0 Å². The highest BCUT2D eigenvalue weighted by molar-refractivity contribution is 7.98. The van der Waals surface area contributed by atoms with Crippen LogP contribution >= 0.6 is 24.4 Å². The highest BCUT2D eigenvalue weighted by Gasteiger charge is 1.99. The molecule has 1 atom stereocenters. The Morgan fingerprint density at radius 1 is 1.43 bits per heavy atom. The van der Waals surface area contributed by atoms with Gasteiger partial charge in [-0.25, -0.2) is 0 Å². The third kappa shape index (κ3) is 4.43. The van der Waals surface area contributed by atoms with Gasteiger partial charge in [-0.15, -0.1) is 0 Å². The highest BCUT2D eigenvalue weighted by Crippen LogP contribution is 2.16. The molecule has 0 aliphatic rings. The lowest BCUT2D eigenvalue weighted by Gasteiger charge is -2.07.